The minimum Gasteiger partial charge on any atom is -0.490 e. The lowest BCUT2D eigenvalue weighted by molar-refractivity contribution is -0.385. The smallest absolute Gasteiger partial charge is 0.311 e. The summed E-state index contributed by atoms with van der Waals surface area (Å²) in [7, 11) is 1.43. The number of nitrogens with one attached hydrogen (secondary N) is 1. The van der Waals surface area contributed by atoms with Crippen molar-refractivity contribution in [1.29, 1.82) is 0 Å². The predicted molar refractivity (Wildman–Crippen MR) is 81.4 cm³/mol. The minimum atomic E-state index is -0.428. The highest BCUT2D eigenvalue weighted by Crippen LogP contribution is 2.27. The first-order valence-electron chi connectivity index (χ1n) is 6.67. The monoisotopic (exact) mass is 286 g/mol. The molecule has 0 spiro atoms. The Bertz CT molecular complexity index is 624. The zero-order valence-corrected chi connectivity index (χ0v) is 12.1. The van der Waals surface area contributed by atoms with Crippen molar-refractivity contribution >= 4 is 5.69 Å². The van der Waals surface area contributed by atoms with Crippen LogP contribution < -0.4 is 10.1 Å². The number of nitro groups is 1. The number of aryl methyl sites for hydroxylation is 1. The van der Waals surface area contributed by atoms with Crippen LogP contribution in [0, 0.1) is 17.0 Å². The van der Waals surface area contributed by atoms with Gasteiger partial charge in [0.1, 0.15) is 0 Å². The normalized spacial score (nSPS) is 10.4. The van der Waals surface area contributed by atoms with Crippen molar-refractivity contribution in [2.24, 2.45) is 0 Å². The van der Waals surface area contributed by atoms with Gasteiger partial charge in [-0.2, -0.15) is 0 Å². The summed E-state index contributed by atoms with van der Waals surface area (Å²) in [5, 5.41) is 14.2. The molecule has 0 radical (unpaired) electrons. The highest BCUT2D eigenvalue weighted by molar-refractivity contribution is 5.48. The molecule has 0 saturated heterocycles. The molecule has 0 fully saturated rings. The highest BCUT2D eigenvalue weighted by Gasteiger charge is 2.14. The molecule has 0 bridgehead atoms. The van der Waals surface area contributed by atoms with E-state index in [-0.39, 0.29) is 11.4 Å². The van der Waals surface area contributed by atoms with E-state index in [9.17, 15) is 10.1 Å². The Labute approximate surface area is 123 Å². The molecule has 0 aromatic heterocycles. The molecule has 5 nitrogen and oxygen atoms in total. The van der Waals surface area contributed by atoms with Gasteiger partial charge in [0.15, 0.2) is 5.75 Å². The molecule has 0 heterocycles. The third-order valence-electron chi connectivity index (χ3n) is 3.22. The van der Waals surface area contributed by atoms with Crippen LogP contribution in [-0.4, -0.2) is 12.0 Å². The van der Waals surface area contributed by atoms with Gasteiger partial charge in [-0.05, 0) is 24.1 Å². The number of hydrogen-bond acceptors (Lipinski definition) is 4. The second-order valence-electron chi connectivity index (χ2n) is 4.85. The summed E-state index contributed by atoms with van der Waals surface area (Å²) in [6, 6.07) is 13.3. The average Bonchev–Trinajstić information content (AvgIpc) is 2.49. The molecule has 110 valence electrons. The van der Waals surface area contributed by atoms with Crippen LogP contribution in [0.4, 0.5) is 5.69 Å². The van der Waals surface area contributed by atoms with Gasteiger partial charge in [0.25, 0.3) is 0 Å². The first kappa shape index (κ1) is 15.0. The van der Waals surface area contributed by atoms with Crippen molar-refractivity contribution in [3.05, 3.63) is 69.3 Å². The molecule has 2 aromatic carbocycles. The highest BCUT2D eigenvalue weighted by atomic mass is 16.6. The van der Waals surface area contributed by atoms with Crippen molar-refractivity contribution < 1.29 is 9.66 Å². The average molecular weight is 286 g/mol. The molecule has 2 aromatic rings. The Morgan fingerprint density at radius 1 is 1.10 bits per heavy atom. The van der Waals surface area contributed by atoms with Crippen LogP contribution in [0.3, 0.4) is 0 Å². The van der Waals surface area contributed by atoms with Gasteiger partial charge in [-0.1, -0.05) is 35.9 Å². The number of hydrogen-bond donors (Lipinski definition) is 1. The van der Waals surface area contributed by atoms with Crippen molar-refractivity contribution in [3.8, 4) is 5.75 Å². The van der Waals surface area contributed by atoms with Crippen molar-refractivity contribution in [3.63, 3.8) is 0 Å². The lowest BCUT2D eigenvalue weighted by atomic mass is 10.1. The van der Waals surface area contributed by atoms with E-state index in [1.165, 1.54) is 18.2 Å². The van der Waals surface area contributed by atoms with Crippen LogP contribution in [0.2, 0.25) is 0 Å². The van der Waals surface area contributed by atoms with E-state index < -0.39 is 4.92 Å². The number of methoxy groups -OCH3 is 1. The van der Waals surface area contributed by atoms with E-state index in [4.69, 9.17) is 4.74 Å². The van der Waals surface area contributed by atoms with E-state index in [0.29, 0.717) is 6.54 Å². The van der Waals surface area contributed by atoms with E-state index in [0.717, 1.165) is 12.1 Å². The predicted octanol–water partition coefficient (Wildman–Crippen LogP) is 3.20. The third-order valence-corrected chi connectivity index (χ3v) is 3.22. The maximum absolute atomic E-state index is 11.0. The van der Waals surface area contributed by atoms with E-state index in [2.05, 4.69) is 29.6 Å². The SMILES string of the molecule is COc1ccc(CNCc2ccc(C)cc2)cc1[N+](=O)[O-]. The van der Waals surface area contributed by atoms with Gasteiger partial charge in [-0.25, -0.2) is 0 Å². The first-order chi connectivity index (χ1) is 10.1. The number of rotatable bonds is 6. The Balaban J connectivity index is 1.98. The molecule has 0 amide bonds. The summed E-state index contributed by atoms with van der Waals surface area (Å²) in [6.45, 7) is 3.34. The summed E-state index contributed by atoms with van der Waals surface area (Å²) in [6.07, 6.45) is 0. The second-order valence-corrected chi connectivity index (χ2v) is 4.85. The van der Waals surface area contributed by atoms with Crippen LogP contribution in [0.1, 0.15) is 16.7 Å². The van der Waals surface area contributed by atoms with Crippen molar-refractivity contribution in [1.82, 2.24) is 5.32 Å². The van der Waals surface area contributed by atoms with Crippen LogP contribution in [0.25, 0.3) is 0 Å². The van der Waals surface area contributed by atoms with Crippen LogP contribution >= 0.6 is 0 Å². The Kier molecular flexibility index (Phi) is 4.90. The molecular formula is C16H18N2O3. The van der Waals surface area contributed by atoms with Gasteiger partial charge < -0.3 is 10.1 Å². The maximum atomic E-state index is 11.0. The quantitative estimate of drug-likeness (QED) is 0.654. The van der Waals surface area contributed by atoms with Crippen molar-refractivity contribution in [2.75, 3.05) is 7.11 Å². The summed E-state index contributed by atoms with van der Waals surface area (Å²) in [5.41, 5.74) is 3.26. The van der Waals surface area contributed by atoms with Gasteiger partial charge in [-0.15, -0.1) is 0 Å². The van der Waals surface area contributed by atoms with Gasteiger partial charge >= 0.3 is 5.69 Å². The number of benzene rings is 2. The Morgan fingerprint density at radius 2 is 1.71 bits per heavy atom. The zero-order valence-electron chi connectivity index (χ0n) is 12.1. The first-order valence-corrected chi connectivity index (χ1v) is 6.67. The molecule has 0 saturated carbocycles. The van der Waals surface area contributed by atoms with Gasteiger partial charge in [-0.3, -0.25) is 10.1 Å². The summed E-state index contributed by atoms with van der Waals surface area (Å²) in [4.78, 5) is 10.5. The summed E-state index contributed by atoms with van der Waals surface area (Å²) >= 11 is 0. The lowest BCUT2D eigenvalue weighted by Gasteiger charge is -2.07. The fraction of sp³-hybridized carbons (Fsp3) is 0.250. The van der Waals surface area contributed by atoms with Gasteiger partial charge in [0.05, 0.1) is 12.0 Å². The topological polar surface area (TPSA) is 64.4 Å². The van der Waals surface area contributed by atoms with E-state index in [1.54, 1.807) is 12.1 Å². The summed E-state index contributed by atoms with van der Waals surface area (Å²) < 4.78 is 4.98. The van der Waals surface area contributed by atoms with Crippen molar-refractivity contribution in [2.45, 2.75) is 20.0 Å². The molecule has 0 aliphatic rings. The molecule has 1 N–H and O–H groups in total. The Morgan fingerprint density at radius 3 is 2.33 bits per heavy atom. The molecule has 5 heteroatoms. The number of ether oxygens (including phenoxy) is 1. The third kappa shape index (κ3) is 4.03. The largest absolute Gasteiger partial charge is 0.490 e. The second kappa shape index (κ2) is 6.85. The van der Waals surface area contributed by atoms with E-state index in [1.807, 2.05) is 13.0 Å². The lowest BCUT2D eigenvalue weighted by Crippen LogP contribution is -2.12. The molecule has 2 rings (SSSR count). The fourth-order valence-electron chi connectivity index (χ4n) is 2.05. The Hall–Kier alpha value is -2.40. The van der Waals surface area contributed by atoms with Crippen LogP contribution in [0.5, 0.6) is 5.75 Å². The standard InChI is InChI=1S/C16H18N2O3/c1-12-3-5-13(6-4-12)10-17-11-14-7-8-16(21-2)15(9-14)18(19)20/h3-9,17H,10-11H2,1-2H3. The molecule has 0 aliphatic heterocycles. The molecule has 0 aliphatic carbocycles. The van der Waals surface area contributed by atoms with Crippen LogP contribution in [-0.2, 0) is 13.1 Å². The molecule has 0 atom stereocenters. The number of nitrogens with zero attached hydrogens (tertiary/aromatic N) is 1. The fourth-order valence-corrected chi connectivity index (χ4v) is 2.05. The molecule has 0 unspecified atom stereocenters. The molecular weight excluding hydrogens is 268 g/mol. The summed E-state index contributed by atoms with van der Waals surface area (Å²) in [5.74, 6) is 0.280. The van der Waals surface area contributed by atoms with Crippen LogP contribution in [0.15, 0.2) is 42.5 Å². The zero-order chi connectivity index (χ0) is 15.2. The van der Waals surface area contributed by atoms with Gasteiger partial charge in [0, 0.05) is 19.2 Å². The molecule has 21 heavy (non-hydrogen) atoms. The maximum Gasteiger partial charge on any atom is 0.311 e. The number of nitro benzene ring substituents is 1. The van der Waals surface area contributed by atoms with Gasteiger partial charge in [0.2, 0.25) is 0 Å². The minimum absolute atomic E-state index is 0.00728. The van der Waals surface area contributed by atoms with E-state index >= 15 is 0 Å².